The maximum Gasteiger partial charge on any atom is 0.416 e. The lowest BCUT2D eigenvalue weighted by molar-refractivity contribution is -0.138. The summed E-state index contributed by atoms with van der Waals surface area (Å²) in [6.45, 7) is 4.92. The summed E-state index contributed by atoms with van der Waals surface area (Å²) in [7, 11) is 0. The van der Waals surface area contributed by atoms with Crippen molar-refractivity contribution in [3.05, 3.63) is 34.3 Å². The predicted molar refractivity (Wildman–Crippen MR) is 69.3 cm³/mol. The Balaban J connectivity index is 2.32. The zero-order valence-corrected chi connectivity index (χ0v) is 11.4. The molecule has 0 unspecified atom stereocenters. The van der Waals surface area contributed by atoms with E-state index in [4.69, 9.17) is 11.6 Å². The molecule has 1 fully saturated rings. The standard InChI is InChI=1S/C13H16ClF3N2/c1-9(19-6-4-18-5-7-19)11-3-2-10(14)8-12(11)13(15,16)17/h2-3,8-9,18H,4-7H2,1H3/t9-/m1/s1. The fourth-order valence-electron chi connectivity index (χ4n) is 2.40. The fourth-order valence-corrected chi connectivity index (χ4v) is 2.58. The van der Waals surface area contributed by atoms with E-state index in [1.165, 1.54) is 12.1 Å². The first-order valence-electron chi connectivity index (χ1n) is 6.21. The van der Waals surface area contributed by atoms with Gasteiger partial charge in [0.1, 0.15) is 0 Å². The molecule has 1 aliphatic heterocycles. The molecule has 0 spiro atoms. The highest BCUT2D eigenvalue weighted by Gasteiger charge is 2.35. The van der Waals surface area contributed by atoms with Crippen molar-refractivity contribution in [2.45, 2.75) is 19.1 Å². The van der Waals surface area contributed by atoms with Gasteiger partial charge in [-0.3, -0.25) is 4.90 Å². The van der Waals surface area contributed by atoms with Crippen molar-refractivity contribution in [1.29, 1.82) is 0 Å². The average molecular weight is 293 g/mol. The Hall–Kier alpha value is -0.780. The molecule has 1 atom stereocenters. The molecule has 0 amide bonds. The molecule has 2 rings (SSSR count). The average Bonchev–Trinajstić information content (AvgIpc) is 2.38. The summed E-state index contributed by atoms with van der Waals surface area (Å²) in [4.78, 5) is 2.05. The van der Waals surface area contributed by atoms with Gasteiger partial charge in [0.2, 0.25) is 0 Å². The van der Waals surface area contributed by atoms with Crippen LogP contribution in [0.15, 0.2) is 18.2 Å². The van der Waals surface area contributed by atoms with Crippen LogP contribution < -0.4 is 5.32 Å². The van der Waals surface area contributed by atoms with Gasteiger partial charge in [0.15, 0.2) is 0 Å². The molecule has 19 heavy (non-hydrogen) atoms. The minimum absolute atomic E-state index is 0.114. The molecule has 1 aliphatic rings. The van der Waals surface area contributed by atoms with Crippen LogP contribution in [0, 0.1) is 0 Å². The smallest absolute Gasteiger partial charge is 0.314 e. The Morgan fingerprint density at radius 1 is 1.26 bits per heavy atom. The maximum atomic E-state index is 13.1. The highest BCUT2D eigenvalue weighted by atomic mass is 35.5. The van der Waals surface area contributed by atoms with Gasteiger partial charge in [0, 0.05) is 37.2 Å². The Bertz CT molecular complexity index is 442. The molecule has 1 heterocycles. The highest BCUT2D eigenvalue weighted by Crippen LogP contribution is 2.37. The van der Waals surface area contributed by atoms with Gasteiger partial charge in [-0.2, -0.15) is 13.2 Å². The molecule has 0 radical (unpaired) electrons. The molecule has 0 aliphatic carbocycles. The predicted octanol–water partition coefficient (Wildman–Crippen LogP) is 3.33. The summed E-state index contributed by atoms with van der Waals surface area (Å²) in [5, 5.41) is 3.30. The number of hydrogen-bond donors (Lipinski definition) is 1. The minimum Gasteiger partial charge on any atom is -0.314 e. The maximum absolute atomic E-state index is 13.1. The summed E-state index contributed by atoms with van der Waals surface area (Å²) >= 11 is 5.69. The van der Waals surface area contributed by atoms with Crippen molar-refractivity contribution in [3.8, 4) is 0 Å². The lowest BCUT2D eigenvalue weighted by atomic mass is 9.99. The Labute approximate surface area is 115 Å². The van der Waals surface area contributed by atoms with Crippen LogP contribution in [0.5, 0.6) is 0 Å². The molecule has 1 aromatic rings. The Morgan fingerprint density at radius 3 is 2.47 bits per heavy atom. The van der Waals surface area contributed by atoms with E-state index in [-0.39, 0.29) is 11.1 Å². The van der Waals surface area contributed by atoms with Gasteiger partial charge in [0.05, 0.1) is 5.56 Å². The second-order valence-electron chi connectivity index (χ2n) is 4.69. The molecule has 6 heteroatoms. The lowest BCUT2D eigenvalue weighted by Crippen LogP contribution is -2.44. The van der Waals surface area contributed by atoms with Crippen LogP contribution in [0.1, 0.15) is 24.1 Å². The van der Waals surface area contributed by atoms with Crippen LogP contribution in [-0.2, 0) is 6.18 Å². The van der Waals surface area contributed by atoms with E-state index >= 15 is 0 Å². The van der Waals surface area contributed by atoms with Crippen LogP contribution in [0.4, 0.5) is 13.2 Å². The largest absolute Gasteiger partial charge is 0.416 e. The quantitative estimate of drug-likeness (QED) is 0.899. The van der Waals surface area contributed by atoms with Crippen molar-refractivity contribution in [1.82, 2.24) is 10.2 Å². The van der Waals surface area contributed by atoms with Crippen LogP contribution >= 0.6 is 11.6 Å². The first kappa shape index (κ1) is 14.6. The number of halogens is 4. The topological polar surface area (TPSA) is 15.3 Å². The molecular weight excluding hydrogens is 277 g/mol. The second kappa shape index (κ2) is 5.69. The van der Waals surface area contributed by atoms with E-state index in [0.29, 0.717) is 5.56 Å². The first-order chi connectivity index (χ1) is 8.89. The van der Waals surface area contributed by atoms with E-state index in [9.17, 15) is 13.2 Å². The van der Waals surface area contributed by atoms with E-state index in [1.54, 1.807) is 0 Å². The van der Waals surface area contributed by atoms with Gasteiger partial charge in [0.25, 0.3) is 0 Å². The third kappa shape index (κ3) is 3.41. The number of piperazine rings is 1. The van der Waals surface area contributed by atoms with Crippen LogP contribution in [0.2, 0.25) is 5.02 Å². The number of benzene rings is 1. The van der Waals surface area contributed by atoms with Crippen molar-refractivity contribution in [2.75, 3.05) is 26.2 Å². The fraction of sp³-hybridized carbons (Fsp3) is 0.538. The third-order valence-electron chi connectivity index (χ3n) is 3.47. The summed E-state index contributed by atoms with van der Waals surface area (Å²) in [6, 6.07) is 3.74. The van der Waals surface area contributed by atoms with E-state index in [2.05, 4.69) is 10.2 Å². The van der Waals surface area contributed by atoms with Gasteiger partial charge < -0.3 is 5.32 Å². The van der Waals surface area contributed by atoms with Gasteiger partial charge >= 0.3 is 6.18 Å². The number of alkyl halides is 3. The summed E-state index contributed by atoms with van der Waals surface area (Å²) in [5.41, 5.74) is -0.343. The lowest BCUT2D eigenvalue weighted by Gasteiger charge is -2.34. The van der Waals surface area contributed by atoms with Crippen molar-refractivity contribution in [2.24, 2.45) is 0 Å². The molecule has 1 saturated heterocycles. The number of hydrogen-bond acceptors (Lipinski definition) is 2. The molecule has 106 valence electrons. The van der Waals surface area contributed by atoms with Crippen LogP contribution in [0.3, 0.4) is 0 Å². The number of rotatable bonds is 2. The van der Waals surface area contributed by atoms with Crippen LogP contribution in [0.25, 0.3) is 0 Å². The first-order valence-corrected chi connectivity index (χ1v) is 6.59. The van der Waals surface area contributed by atoms with E-state index < -0.39 is 11.7 Å². The van der Waals surface area contributed by atoms with Gasteiger partial charge in [-0.1, -0.05) is 17.7 Å². The normalized spacial score (nSPS) is 19.4. The van der Waals surface area contributed by atoms with E-state index in [1.807, 2.05) is 6.92 Å². The van der Waals surface area contributed by atoms with Crippen molar-refractivity contribution >= 4 is 11.6 Å². The second-order valence-corrected chi connectivity index (χ2v) is 5.13. The molecular formula is C13H16ClF3N2. The van der Waals surface area contributed by atoms with Crippen molar-refractivity contribution in [3.63, 3.8) is 0 Å². The zero-order chi connectivity index (χ0) is 14.0. The molecule has 1 N–H and O–H groups in total. The van der Waals surface area contributed by atoms with Gasteiger partial charge in [-0.05, 0) is 24.6 Å². The third-order valence-corrected chi connectivity index (χ3v) is 3.71. The summed E-state index contributed by atoms with van der Waals surface area (Å²) in [5.74, 6) is 0. The summed E-state index contributed by atoms with van der Waals surface area (Å²) in [6.07, 6.45) is -4.37. The van der Waals surface area contributed by atoms with Gasteiger partial charge in [-0.25, -0.2) is 0 Å². The zero-order valence-electron chi connectivity index (χ0n) is 10.6. The molecule has 1 aromatic carbocycles. The molecule has 0 saturated carbocycles. The van der Waals surface area contributed by atoms with E-state index in [0.717, 1.165) is 32.2 Å². The van der Waals surface area contributed by atoms with Gasteiger partial charge in [-0.15, -0.1) is 0 Å². The molecule has 0 aromatic heterocycles. The Kier molecular flexibility index (Phi) is 4.38. The Morgan fingerprint density at radius 2 is 1.89 bits per heavy atom. The number of nitrogens with one attached hydrogen (secondary N) is 1. The highest BCUT2D eigenvalue weighted by molar-refractivity contribution is 6.30. The monoisotopic (exact) mass is 292 g/mol. The number of nitrogens with zero attached hydrogens (tertiary/aromatic N) is 1. The molecule has 0 bridgehead atoms. The SMILES string of the molecule is C[C@H](c1ccc(Cl)cc1C(F)(F)F)N1CCNCC1. The molecule has 2 nitrogen and oxygen atoms in total. The summed E-state index contributed by atoms with van der Waals surface area (Å²) < 4.78 is 39.2. The van der Waals surface area contributed by atoms with Crippen molar-refractivity contribution < 1.29 is 13.2 Å². The minimum atomic E-state index is -4.37. The van der Waals surface area contributed by atoms with Crippen LogP contribution in [-0.4, -0.2) is 31.1 Å².